The van der Waals surface area contributed by atoms with Crippen molar-refractivity contribution in [3.63, 3.8) is 0 Å². The zero-order chi connectivity index (χ0) is 16.9. The average molecular weight is 322 g/mol. The number of hydrogen-bond donors (Lipinski definition) is 3. The van der Waals surface area contributed by atoms with Crippen LogP contribution in [0.5, 0.6) is 0 Å². The molecule has 0 aliphatic carbocycles. The van der Waals surface area contributed by atoms with Crippen LogP contribution in [-0.4, -0.2) is 40.2 Å². The molecule has 22 heavy (non-hydrogen) atoms. The molecule has 6 nitrogen and oxygen atoms in total. The third kappa shape index (κ3) is 5.21. The fourth-order valence-corrected chi connectivity index (χ4v) is 2.26. The lowest BCUT2D eigenvalue weighted by Gasteiger charge is -2.16. The van der Waals surface area contributed by atoms with Crippen LogP contribution < -0.4 is 10.6 Å². The second-order valence-corrected chi connectivity index (χ2v) is 5.06. The number of rotatable bonds is 6. The molecule has 0 saturated heterocycles. The van der Waals surface area contributed by atoms with Crippen molar-refractivity contribution in [3.8, 4) is 0 Å². The third-order valence-corrected chi connectivity index (χ3v) is 3.17. The standard InChI is InChI=1S/C13H21F3N4O2/c1-8(18-12(22)17-5-4-6-21)11-9(2)19-20(10(11)3)7-13(14,15)16/h8,21H,4-7H2,1-3H3,(H2,17,18,22). The summed E-state index contributed by atoms with van der Waals surface area (Å²) in [7, 11) is 0. The Labute approximate surface area is 126 Å². The maximum absolute atomic E-state index is 12.5. The number of nitrogens with zero attached hydrogens (tertiary/aromatic N) is 2. The Morgan fingerprint density at radius 3 is 2.59 bits per heavy atom. The molecule has 0 saturated carbocycles. The number of alkyl halides is 3. The Hall–Kier alpha value is -1.77. The maximum atomic E-state index is 12.5. The molecule has 1 unspecified atom stereocenters. The van der Waals surface area contributed by atoms with E-state index in [0.29, 0.717) is 29.9 Å². The molecule has 1 aromatic rings. The lowest BCUT2D eigenvalue weighted by atomic mass is 10.1. The van der Waals surface area contributed by atoms with E-state index in [-0.39, 0.29) is 6.61 Å². The van der Waals surface area contributed by atoms with Gasteiger partial charge < -0.3 is 15.7 Å². The van der Waals surface area contributed by atoms with Crippen molar-refractivity contribution >= 4 is 6.03 Å². The Morgan fingerprint density at radius 2 is 2.05 bits per heavy atom. The predicted octanol–water partition coefficient (Wildman–Crippen LogP) is 1.80. The van der Waals surface area contributed by atoms with E-state index in [9.17, 15) is 18.0 Å². The van der Waals surface area contributed by atoms with E-state index in [1.807, 2.05) is 0 Å². The van der Waals surface area contributed by atoms with Gasteiger partial charge in [-0.15, -0.1) is 0 Å². The zero-order valence-electron chi connectivity index (χ0n) is 12.8. The molecular weight excluding hydrogens is 301 g/mol. The monoisotopic (exact) mass is 322 g/mol. The number of hydrogen-bond acceptors (Lipinski definition) is 3. The van der Waals surface area contributed by atoms with E-state index < -0.39 is 24.8 Å². The molecule has 1 heterocycles. The quantitative estimate of drug-likeness (QED) is 0.699. The number of halogens is 3. The highest BCUT2D eigenvalue weighted by molar-refractivity contribution is 5.74. The maximum Gasteiger partial charge on any atom is 0.408 e. The van der Waals surface area contributed by atoms with Crippen LogP contribution in [0.2, 0.25) is 0 Å². The van der Waals surface area contributed by atoms with E-state index in [1.165, 1.54) is 0 Å². The minimum Gasteiger partial charge on any atom is -0.396 e. The molecule has 2 amide bonds. The first-order valence-electron chi connectivity index (χ1n) is 6.91. The summed E-state index contributed by atoms with van der Waals surface area (Å²) in [4.78, 5) is 11.6. The molecule has 126 valence electrons. The predicted molar refractivity (Wildman–Crippen MR) is 74.4 cm³/mol. The van der Waals surface area contributed by atoms with E-state index in [1.54, 1.807) is 20.8 Å². The van der Waals surface area contributed by atoms with Crippen molar-refractivity contribution < 1.29 is 23.1 Å². The summed E-state index contributed by atoms with van der Waals surface area (Å²) in [6.45, 7) is 3.97. The van der Waals surface area contributed by atoms with Crippen LogP contribution in [0.25, 0.3) is 0 Å². The molecule has 0 aromatic carbocycles. The first-order valence-corrected chi connectivity index (χ1v) is 6.91. The average Bonchev–Trinajstić information content (AvgIpc) is 2.62. The summed E-state index contributed by atoms with van der Waals surface area (Å²) in [5, 5.41) is 17.7. The topological polar surface area (TPSA) is 79.2 Å². The highest BCUT2D eigenvalue weighted by Gasteiger charge is 2.30. The van der Waals surface area contributed by atoms with Gasteiger partial charge in [-0.25, -0.2) is 4.79 Å². The van der Waals surface area contributed by atoms with Crippen LogP contribution >= 0.6 is 0 Å². The van der Waals surface area contributed by atoms with Crippen molar-refractivity contribution in [1.29, 1.82) is 0 Å². The second-order valence-electron chi connectivity index (χ2n) is 5.06. The van der Waals surface area contributed by atoms with Gasteiger partial charge in [0.1, 0.15) is 6.54 Å². The number of carbonyl (C=O) groups is 1. The van der Waals surface area contributed by atoms with Crippen LogP contribution in [0.1, 0.15) is 36.3 Å². The van der Waals surface area contributed by atoms with Gasteiger partial charge in [0.05, 0.1) is 11.7 Å². The highest BCUT2D eigenvalue weighted by Crippen LogP contribution is 2.24. The van der Waals surface area contributed by atoms with Crippen molar-refractivity contribution in [2.75, 3.05) is 13.2 Å². The summed E-state index contributed by atoms with van der Waals surface area (Å²) in [5.74, 6) is 0. The molecule has 0 radical (unpaired) electrons. The largest absolute Gasteiger partial charge is 0.408 e. The van der Waals surface area contributed by atoms with E-state index in [0.717, 1.165) is 4.68 Å². The van der Waals surface area contributed by atoms with E-state index in [4.69, 9.17) is 5.11 Å². The molecule has 0 aliphatic rings. The number of aliphatic hydroxyl groups excluding tert-OH is 1. The van der Waals surface area contributed by atoms with Gasteiger partial charge in [0, 0.05) is 24.4 Å². The number of aryl methyl sites for hydroxylation is 1. The van der Waals surface area contributed by atoms with Gasteiger partial charge in [0.15, 0.2) is 0 Å². The van der Waals surface area contributed by atoms with Gasteiger partial charge in [0.2, 0.25) is 0 Å². The van der Waals surface area contributed by atoms with Gasteiger partial charge >= 0.3 is 12.2 Å². The molecule has 3 N–H and O–H groups in total. The summed E-state index contributed by atoms with van der Waals surface area (Å²) < 4.78 is 38.4. The van der Waals surface area contributed by atoms with Gasteiger partial charge in [-0.1, -0.05) is 0 Å². The van der Waals surface area contributed by atoms with Crippen molar-refractivity contribution in [1.82, 2.24) is 20.4 Å². The van der Waals surface area contributed by atoms with Crippen LogP contribution in [0, 0.1) is 13.8 Å². The molecule has 0 bridgehead atoms. The number of nitrogens with one attached hydrogen (secondary N) is 2. The molecule has 9 heteroatoms. The van der Waals surface area contributed by atoms with Crippen LogP contribution in [0.4, 0.5) is 18.0 Å². The Balaban J connectivity index is 2.77. The smallest absolute Gasteiger partial charge is 0.396 e. The Bertz CT molecular complexity index is 514. The van der Waals surface area contributed by atoms with Crippen LogP contribution in [0.3, 0.4) is 0 Å². The van der Waals surface area contributed by atoms with E-state index >= 15 is 0 Å². The summed E-state index contributed by atoms with van der Waals surface area (Å²) in [6.07, 6.45) is -3.91. The highest BCUT2D eigenvalue weighted by atomic mass is 19.4. The summed E-state index contributed by atoms with van der Waals surface area (Å²) in [6, 6.07) is -0.917. The minimum absolute atomic E-state index is 0.0295. The number of aliphatic hydroxyl groups is 1. The molecule has 0 spiro atoms. The summed E-state index contributed by atoms with van der Waals surface area (Å²) >= 11 is 0. The first-order chi connectivity index (χ1) is 10.2. The zero-order valence-corrected chi connectivity index (χ0v) is 12.8. The van der Waals surface area contributed by atoms with Crippen LogP contribution in [0.15, 0.2) is 0 Å². The second kappa shape index (κ2) is 7.48. The summed E-state index contributed by atoms with van der Waals surface area (Å²) in [5.41, 5.74) is 1.39. The van der Waals surface area contributed by atoms with Crippen molar-refractivity contribution in [2.45, 2.75) is 46.0 Å². The molecule has 0 fully saturated rings. The molecule has 1 aromatic heterocycles. The number of urea groups is 1. The van der Waals surface area contributed by atoms with Gasteiger partial charge in [-0.3, -0.25) is 4.68 Å². The van der Waals surface area contributed by atoms with E-state index in [2.05, 4.69) is 15.7 Å². The van der Waals surface area contributed by atoms with Gasteiger partial charge in [-0.2, -0.15) is 18.3 Å². The fourth-order valence-electron chi connectivity index (χ4n) is 2.26. The molecule has 1 rings (SSSR count). The van der Waals surface area contributed by atoms with Gasteiger partial charge in [0.25, 0.3) is 0 Å². The minimum atomic E-state index is -4.35. The molecular formula is C13H21F3N4O2. The molecule has 0 aliphatic heterocycles. The molecule has 1 atom stereocenters. The Kier molecular flexibility index (Phi) is 6.21. The first kappa shape index (κ1) is 18.3. The lowest BCUT2D eigenvalue weighted by molar-refractivity contribution is -0.143. The van der Waals surface area contributed by atoms with Gasteiger partial charge in [-0.05, 0) is 27.2 Å². The number of amides is 2. The Morgan fingerprint density at radius 1 is 1.41 bits per heavy atom. The van der Waals surface area contributed by atoms with Crippen LogP contribution in [-0.2, 0) is 6.54 Å². The van der Waals surface area contributed by atoms with Crippen molar-refractivity contribution in [2.24, 2.45) is 0 Å². The SMILES string of the molecule is Cc1nn(CC(F)(F)F)c(C)c1C(C)NC(=O)NCCCO. The fraction of sp³-hybridized carbons (Fsp3) is 0.692. The van der Waals surface area contributed by atoms with Crippen molar-refractivity contribution in [3.05, 3.63) is 17.0 Å². The normalized spacial score (nSPS) is 13.0. The third-order valence-electron chi connectivity index (χ3n) is 3.17. The number of aromatic nitrogens is 2. The number of carbonyl (C=O) groups excluding carboxylic acids is 1. The lowest BCUT2D eigenvalue weighted by Crippen LogP contribution is -2.38.